The van der Waals surface area contributed by atoms with Crippen LogP contribution in [0.15, 0.2) is 24.3 Å². The number of phenolic OH excluding ortho intramolecular Hbond substituents is 1. The number of aromatic hydroxyl groups is 1. The number of ketones is 2. The van der Waals surface area contributed by atoms with Crippen LogP contribution in [0.4, 0.5) is 0 Å². The van der Waals surface area contributed by atoms with Gasteiger partial charge in [0.15, 0.2) is 17.3 Å². The van der Waals surface area contributed by atoms with Crippen LogP contribution in [-0.2, 0) is 19.1 Å². The van der Waals surface area contributed by atoms with E-state index in [1.165, 1.54) is 31.4 Å². The molecular weight excluding hydrogens is 299 g/mol. The first-order chi connectivity index (χ1) is 9.97. The summed E-state index contributed by atoms with van der Waals surface area (Å²) in [5, 5.41) is 9.43. The molecule has 1 N–H and O–H groups in total. The van der Waals surface area contributed by atoms with E-state index >= 15 is 0 Å². The van der Waals surface area contributed by atoms with E-state index in [-0.39, 0.29) is 47.7 Å². The summed E-state index contributed by atoms with van der Waals surface area (Å²) in [6.45, 7) is 1.66. The fraction of sp³-hybridized carbons (Fsp3) is 0.267. The predicted molar refractivity (Wildman–Crippen MR) is 80.7 cm³/mol. The Morgan fingerprint density at radius 1 is 1.27 bits per heavy atom. The van der Waals surface area contributed by atoms with Crippen LogP contribution < -0.4 is 4.74 Å². The molecule has 0 atom stereocenters. The first kappa shape index (κ1) is 20.4. The summed E-state index contributed by atoms with van der Waals surface area (Å²) in [7, 11) is 1.41. The van der Waals surface area contributed by atoms with Crippen LogP contribution in [-0.4, -0.2) is 65.9 Å². The Kier molecular flexibility index (Phi) is 9.40. The van der Waals surface area contributed by atoms with Gasteiger partial charge in [0.05, 0.1) is 20.1 Å². The number of hydrogen-bond acceptors (Lipinski definition) is 6. The molecule has 0 heterocycles. The molecule has 0 aliphatic carbocycles. The summed E-state index contributed by atoms with van der Waals surface area (Å²) < 4.78 is 9.43. The zero-order valence-electron chi connectivity index (χ0n) is 12.8. The average Bonchev–Trinajstić information content (AvgIpc) is 2.46. The van der Waals surface area contributed by atoms with E-state index in [1.807, 2.05) is 0 Å². The van der Waals surface area contributed by atoms with Crippen molar-refractivity contribution in [2.75, 3.05) is 13.7 Å². The first-order valence-electron chi connectivity index (χ1n) is 6.25. The zero-order valence-corrected chi connectivity index (χ0v) is 14.8. The number of carbonyl (C=O) groups is 3. The molecule has 0 spiro atoms. The van der Waals surface area contributed by atoms with E-state index < -0.39 is 24.0 Å². The molecule has 0 unspecified atom stereocenters. The summed E-state index contributed by atoms with van der Waals surface area (Å²) in [4.78, 5) is 34.0. The summed E-state index contributed by atoms with van der Waals surface area (Å²) in [6, 6.07) is 4.54. The molecule has 0 amide bonds. The number of esters is 1. The summed E-state index contributed by atoms with van der Waals surface area (Å²) in [5.41, 5.74) is 0.613. The predicted octanol–water partition coefficient (Wildman–Crippen LogP) is 1.12. The molecule has 0 saturated heterocycles. The van der Waals surface area contributed by atoms with E-state index in [0.29, 0.717) is 5.56 Å². The Hall–Kier alpha value is -1.63. The van der Waals surface area contributed by atoms with E-state index in [2.05, 4.69) is 4.74 Å². The average molecular weight is 315 g/mol. The molecule has 0 aromatic heterocycles. The molecular formula is C15H16NaO6. The van der Waals surface area contributed by atoms with Gasteiger partial charge < -0.3 is 14.6 Å². The van der Waals surface area contributed by atoms with Crippen LogP contribution in [0.1, 0.15) is 18.9 Å². The standard InChI is InChI=1S/C15H16O6.Na/c1-3-21-15(19)13(18)9-11(16)6-4-10-5-7-12(17)14(8-10)20-2;/h4-8,17H,3,9H2,1-2H3;. The van der Waals surface area contributed by atoms with Crippen molar-refractivity contribution in [3.8, 4) is 11.5 Å². The molecule has 0 aliphatic rings. The molecule has 113 valence electrons. The SMILES string of the molecule is CCOC(=O)C(=O)CC(=O)C=Cc1ccc(O)c(OC)c1.[Na]. The molecule has 7 heteroatoms. The Bertz CT molecular complexity index is 579. The topological polar surface area (TPSA) is 89.9 Å². The van der Waals surface area contributed by atoms with Crippen LogP contribution in [0.2, 0.25) is 0 Å². The zero-order chi connectivity index (χ0) is 15.8. The monoisotopic (exact) mass is 315 g/mol. The molecule has 0 aliphatic heterocycles. The number of carbonyl (C=O) groups excluding carboxylic acids is 3. The number of allylic oxidation sites excluding steroid dienone is 1. The van der Waals surface area contributed by atoms with Crippen LogP contribution in [0, 0.1) is 0 Å². The van der Waals surface area contributed by atoms with Gasteiger partial charge in [0, 0.05) is 29.6 Å². The van der Waals surface area contributed by atoms with E-state index in [9.17, 15) is 19.5 Å². The van der Waals surface area contributed by atoms with Crippen LogP contribution in [0.3, 0.4) is 0 Å². The van der Waals surface area contributed by atoms with Crippen molar-refractivity contribution in [2.45, 2.75) is 13.3 Å². The van der Waals surface area contributed by atoms with Gasteiger partial charge in [-0.05, 0) is 30.7 Å². The molecule has 1 aromatic carbocycles. The van der Waals surface area contributed by atoms with Gasteiger partial charge in [-0.3, -0.25) is 9.59 Å². The molecule has 0 fully saturated rings. The van der Waals surface area contributed by atoms with Crippen LogP contribution >= 0.6 is 0 Å². The van der Waals surface area contributed by atoms with Gasteiger partial charge in [-0.25, -0.2) is 4.79 Å². The summed E-state index contributed by atoms with van der Waals surface area (Å²) >= 11 is 0. The number of ether oxygens (including phenoxy) is 2. The van der Waals surface area contributed by atoms with Crippen molar-refractivity contribution in [3.05, 3.63) is 29.8 Å². The van der Waals surface area contributed by atoms with Crippen molar-refractivity contribution in [3.63, 3.8) is 0 Å². The smallest absolute Gasteiger partial charge is 0.375 e. The van der Waals surface area contributed by atoms with Crippen LogP contribution in [0.25, 0.3) is 6.08 Å². The van der Waals surface area contributed by atoms with E-state index in [0.717, 1.165) is 0 Å². The molecule has 0 saturated carbocycles. The number of Topliss-reactive ketones (excluding diaryl/α,β-unsaturated/α-hetero) is 1. The van der Waals surface area contributed by atoms with Gasteiger partial charge in [-0.15, -0.1) is 0 Å². The van der Waals surface area contributed by atoms with Gasteiger partial charge >= 0.3 is 5.97 Å². The van der Waals surface area contributed by atoms with Crippen molar-refractivity contribution >= 4 is 53.2 Å². The maximum Gasteiger partial charge on any atom is 0.375 e. The Morgan fingerprint density at radius 3 is 2.55 bits per heavy atom. The van der Waals surface area contributed by atoms with Crippen molar-refractivity contribution in [2.24, 2.45) is 0 Å². The molecule has 1 radical (unpaired) electrons. The molecule has 6 nitrogen and oxygen atoms in total. The van der Waals surface area contributed by atoms with Gasteiger partial charge in [-0.1, -0.05) is 12.1 Å². The fourth-order valence-corrected chi connectivity index (χ4v) is 1.49. The number of methoxy groups -OCH3 is 1. The first-order valence-corrected chi connectivity index (χ1v) is 6.25. The Balaban J connectivity index is 0.00000441. The second-order valence-corrected chi connectivity index (χ2v) is 4.05. The van der Waals surface area contributed by atoms with Gasteiger partial charge in [0.25, 0.3) is 0 Å². The molecule has 1 aromatic rings. The minimum Gasteiger partial charge on any atom is -0.504 e. The largest absolute Gasteiger partial charge is 0.504 e. The molecule has 22 heavy (non-hydrogen) atoms. The third-order valence-corrected chi connectivity index (χ3v) is 2.50. The number of benzene rings is 1. The second kappa shape index (κ2) is 10.2. The van der Waals surface area contributed by atoms with Crippen molar-refractivity contribution in [1.82, 2.24) is 0 Å². The normalized spacial score (nSPS) is 9.91. The maximum absolute atomic E-state index is 11.6. The third kappa shape index (κ3) is 6.43. The number of hydrogen-bond donors (Lipinski definition) is 1. The van der Waals surface area contributed by atoms with Crippen molar-refractivity contribution in [1.29, 1.82) is 0 Å². The van der Waals surface area contributed by atoms with Gasteiger partial charge in [-0.2, -0.15) is 0 Å². The second-order valence-electron chi connectivity index (χ2n) is 4.05. The van der Waals surface area contributed by atoms with Gasteiger partial charge in [0.2, 0.25) is 5.78 Å². The van der Waals surface area contributed by atoms with Crippen LogP contribution in [0.5, 0.6) is 11.5 Å². The van der Waals surface area contributed by atoms with Gasteiger partial charge in [0.1, 0.15) is 0 Å². The Morgan fingerprint density at radius 2 is 1.95 bits per heavy atom. The minimum absolute atomic E-state index is 0. The third-order valence-electron chi connectivity index (χ3n) is 2.50. The van der Waals surface area contributed by atoms with Crippen molar-refractivity contribution < 1.29 is 29.0 Å². The summed E-state index contributed by atoms with van der Waals surface area (Å²) in [6.07, 6.45) is 2.11. The fourth-order valence-electron chi connectivity index (χ4n) is 1.49. The molecule has 1 rings (SSSR count). The number of rotatable bonds is 7. The molecule has 0 bridgehead atoms. The van der Waals surface area contributed by atoms with E-state index in [4.69, 9.17) is 4.74 Å². The quantitative estimate of drug-likeness (QED) is 0.267. The maximum atomic E-state index is 11.6. The summed E-state index contributed by atoms with van der Waals surface area (Å²) in [5.74, 6) is -2.15. The van der Waals surface area contributed by atoms with E-state index in [1.54, 1.807) is 13.0 Å². The Labute approximate surface area is 150 Å². The number of phenols is 1. The minimum atomic E-state index is -1.01.